The van der Waals surface area contributed by atoms with Crippen LogP contribution in [0.25, 0.3) is 0 Å². The van der Waals surface area contributed by atoms with E-state index in [1.165, 1.54) is 0 Å². The van der Waals surface area contributed by atoms with Crippen LogP contribution in [0.1, 0.15) is 0 Å². The summed E-state index contributed by atoms with van der Waals surface area (Å²) in [7, 11) is -4.69. The van der Waals surface area contributed by atoms with Gasteiger partial charge in [-0.3, -0.25) is 0 Å². The lowest BCUT2D eigenvalue weighted by Crippen LogP contribution is -2.58. The molecule has 0 radical (unpaired) electrons. The maximum Gasteiger partial charge on any atom is 0.187 e. The minimum Gasteiger partial charge on any atom is -0.412 e. The van der Waals surface area contributed by atoms with Crippen LogP contribution in [0.2, 0.25) is 0 Å². The second kappa shape index (κ2) is 30.1. The van der Waals surface area contributed by atoms with Crippen molar-refractivity contribution in [3.63, 3.8) is 0 Å². The molecule has 0 unspecified atom stereocenters. The Bertz CT molecular complexity index is 25.3. The third-order valence-electron chi connectivity index (χ3n) is 0. The van der Waals surface area contributed by atoms with Crippen LogP contribution in [0.15, 0.2) is 0 Å². The van der Waals surface area contributed by atoms with E-state index < -0.39 is 10.2 Å². The van der Waals surface area contributed by atoms with Crippen LogP contribution < -0.4 is 14.0 Å². The van der Waals surface area contributed by atoms with Crippen LogP contribution in [0.3, 0.4) is 0 Å². The maximum absolute atomic E-state index is 8.60. The van der Waals surface area contributed by atoms with Crippen molar-refractivity contribution in [3.05, 3.63) is 0 Å². The van der Waals surface area contributed by atoms with Crippen LogP contribution >= 0.6 is 0 Å². The first-order chi connectivity index (χ1) is 2.00. The van der Waals surface area contributed by atoms with Crippen molar-refractivity contribution in [2.75, 3.05) is 0 Å². The Labute approximate surface area is 79.8 Å². The van der Waals surface area contributed by atoms with Crippen molar-refractivity contribution in [2.45, 2.75) is 0 Å². The average molecular weight is 239 g/mol. The summed E-state index contributed by atoms with van der Waals surface area (Å²) in [6.45, 7) is 0. The Hall–Kier alpha value is 0.422. The number of rotatable bonds is 0. The summed E-state index contributed by atoms with van der Waals surface area (Å²) in [5, 5.41) is 0. The van der Waals surface area contributed by atoms with E-state index in [1.807, 2.05) is 0 Å². The Balaban J connectivity index is -0.00000000381. The molecular formula is H16AlClO10. The molecule has 0 saturated heterocycles. The van der Waals surface area contributed by atoms with Gasteiger partial charge in [0.15, 0.2) is 17.4 Å². The van der Waals surface area contributed by atoms with Crippen LogP contribution in [0.5, 0.6) is 0 Å². The number of hydrogen-bond donors (Lipinski definition) is 1. The molecule has 0 aromatic rings. The molecule has 0 aromatic carbocycles. The predicted octanol–water partition coefficient (Wildman–Crippen LogP) is -10.3. The molecule has 0 aliphatic carbocycles. The fourth-order valence-electron chi connectivity index (χ4n) is 0. The van der Waals surface area contributed by atoms with Crippen LogP contribution in [-0.4, -0.2) is 54.9 Å². The van der Waals surface area contributed by atoms with Crippen LogP contribution in [0, 0.1) is 10.2 Å². The van der Waals surface area contributed by atoms with Gasteiger partial charge in [0.1, 0.15) is 0 Å². The van der Waals surface area contributed by atoms with Gasteiger partial charge < -0.3 is 32.9 Å². The van der Waals surface area contributed by atoms with Gasteiger partial charge in [-0.2, -0.15) is 14.0 Å². The monoisotopic (exact) mass is 238 g/mol. The quantitative estimate of drug-likeness (QED) is 0.402. The molecule has 0 fully saturated rings. The van der Waals surface area contributed by atoms with Crippen molar-refractivity contribution >= 4 is 17.4 Å². The lowest BCUT2D eigenvalue weighted by atomic mass is 15.8. The Morgan fingerprint density at radius 3 is 0.667 bits per heavy atom. The minimum atomic E-state index is -4.69. The molecule has 0 aliphatic heterocycles. The summed E-state index contributed by atoms with van der Waals surface area (Å²) < 4.78 is 32.7. The van der Waals surface area contributed by atoms with E-state index in [0.717, 1.165) is 0 Å². The predicted molar refractivity (Wildman–Crippen MR) is 33.8 cm³/mol. The lowest BCUT2D eigenvalue weighted by Gasteiger charge is -2.03. The van der Waals surface area contributed by atoms with Gasteiger partial charge in [-0.05, 0) is 0 Å². The second-order valence-electron chi connectivity index (χ2n) is 0.396. The largest absolute Gasteiger partial charge is 0.412 e. The first-order valence-electron chi connectivity index (χ1n) is 0.632. The van der Waals surface area contributed by atoms with Gasteiger partial charge in [0.25, 0.3) is 0 Å². The van der Waals surface area contributed by atoms with Gasteiger partial charge in [-0.15, -0.1) is 0 Å². The van der Waals surface area contributed by atoms with Crippen molar-refractivity contribution < 1.29 is 61.7 Å². The molecule has 0 rings (SSSR count). The molecule has 0 saturated carbocycles. The molecule has 12 heavy (non-hydrogen) atoms. The van der Waals surface area contributed by atoms with E-state index in [1.54, 1.807) is 0 Å². The molecule has 10 nitrogen and oxygen atoms in total. The molecule has 0 aliphatic rings. The lowest BCUT2D eigenvalue weighted by molar-refractivity contribution is -1.92. The van der Waals surface area contributed by atoms with Gasteiger partial charge in [-0.25, -0.2) is 0 Å². The summed E-state index contributed by atoms with van der Waals surface area (Å²) in [6.07, 6.45) is 0. The highest BCUT2D eigenvalue weighted by molar-refractivity contribution is 5.75. The van der Waals surface area contributed by atoms with Crippen LogP contribution in [-0.2, 0) is 0 Å². The van der Waals surface area contributed by atoms with Gasteiger partial charge in [-0.1, -0.05) is 0 Å². The van der Waals surface area contributed by atoms with E-state index in [2.05, 4.69) is 0 Å². The van der Waals surface area contributed by atoms with Gasteiger partial charge >= 0.3 is 0 Å². The molecule has 0 amide bonds. The maximum atomic E-state index is 8.60. The summed E-state index contributed by atoms with van der Waals surface area (Å²) in [5.41, 5.74) is 0. The molecule has 0 atom stereocenters. The average Bonchev–Trinajstić information content (AvgIpc) is 0.722. The van der Waals surface area contributed by atoms with Crippen molar-refractivity contribution in [2.24, 2.45) is 0 Å². The van der Waals surface area contributed by atoms with E-state index in [-0.39, 0.29) is 50.2 Å². The van der Waals surface area contributed by atoms with Crippen molar-refractivity contribution in [1.29, 1.82) is 0 Å². The zero-order valence-electron chi connectivity index (χ0n) is 5.05. The standard InChI is InChI=1S/Al.ClHO4.6H2O.3H/c;2-1(3,4)5;;;;;;;;;/h;(H,2,3,4,5);6*1H2;;;. The zero-order chi connectivity index (χ0) is 4.50. The van der Waals surface area contributed by atoms with Crippen LogP contribution in [0.4, 0.5) is 0 Å². The fraction of sp³-hybridized carbons (Fsp3) is 0. The Morgan fingerprint density at radius 1 is 0.667 bits per heavy atom. The zero-order valence-corrected chi connectivity index (χ0v) is 5.81. The normalized spacial score (nSPS) is 5.00. The summed E-state index contributed by atoms with van der Waals surface area (Å²) >= 11 is 0. The molecule has 13 N–H and O–H groups in total. The molecule has 0 heterocycles. The SMILES string of the molecule is O.O.O.O.O.O.[AlH3].[O-][Cl+3]([O-])([O-])O. The molecule has 0 aromatic heterocycles. The highest BCUT2D eigenvalue weighted by Crippen LogP contribution is 1.60. The number of hydrogen-bond acceptors (Lipinski definition) is 4. The third kappa shape index (κ3) is 5180. The fourth-order valence-corrected chi connectivity index (χ4v) is 0. The topological polar surface area (TPSA) is 278 Å². The van der Waals surface area contributed by atoms with E-state index in [4.69, 9.17) is 18.6 Å². The smallest absolute Gasteiger partial charge is 0.187 e. The highest BCUT2D eigenvalue weighted by atomic mass is 35.7. The van der Waals surface area contributed by atoms with Gasteiger partial charge in [0, 0.05) is 0 Å². The van der Waals surface area contributed by atoms with E-state index >= 15 is 0 Å². The van der Waals surface area contributed by atoms with Gasteiger partial charge in [0.2, 0.25) is 0 Å². The first kappa shape index (κ1) is 82.9. The summed E-state index contributed by atoms with van der Waals surface area (Å²) in [5.74, 6) is 0. The second-order valence-corrected chi connectivity index (χ2v) is 1.19. The molecule has 0 spiro atoms. The minimum absolute atomic E-state index is 0. The van der Waals surface area contributed by atoms with Crippen molar-refractivity contribution in [1.82, 2.24) is 0 Å². The summed E-state index contributed by atoms with van der Waals surface area (Å²) in [6, 6.07) is 0. The van der Waals surface area contributed by atoms with Crippen molar-refractivity contribution in [3.8, 4) is 0 Å². The van der Waals surface area contributed by atoms with E-state index in [0.29, 0.717) is 0 Å². The molecule has 12 heteroatoms. The highest BCUT2D eigenvalue weighted by Gasteiger charge is 1.98. The Morgan fingerprint density at radius 2 is 0.667 bits per heavy atom. The van der Waals surface area contributed by atoms with E-state index in [9.17, 15) is 0 Å². The van der Waals surface area contributed by atoms with Gasteiger partial charge in [0.05, 0.1) is 14.9 Å². The molecular weight excluding hydrogens is 222 g/mol. The summed E-state index contributed by atoms with van der Waals surface area (Å²) in [4.78, 5) is 0. The number of halogens is 1. The molecule has 86 valence electrons. The third-order valence-corrected chi connectivity index (χ3v) is 0. The first-order valence-corrected chi connectivity index (χ1v) is 1.90. The Kier molecular flexibility index (Phi) is 208. The molecule has 0 bridgehead atoms.